The average molecular weight is 354 g/mol. The Kier molecular flexibility index (Phi) is 4.18. The van der Waals surface area contributed by atoms with E-state index in [0.29, 0.717) is 18.8 Å². The molecular weight excluding hydrogens is 332 g/mol. The molecule has 0 aliphatic carbocycles. The van der Waals surface area contributed by atoms with E-state index in [1.165, 1.54) is 0 Å². The van der Waals surface area contributed by atoms with Crippen molar-refractivity contribution in [2.45, 2.75) is 19.3 Å². The first-order chi connectivity index (χ1) is 12.6. The molecule has 6 heteroatoms. The molecule has 3 heterocycles. The normalized spacial score (nSPS) is 22.9. The third-order valence-corrected chi connectivity index (χ3v) is 5.34. The first-order valence-corrected chi connectivity index (χ1v) is 8.95. The highest BCUT2D eigenvalue weighted by molar-refractivity contribution is 5.93. The van der Waals surface area contributed by atoms with Crippen LogP contribution in [0.3, 0.4) is 0 Å². The van der Waals surface area contributed by atoms with Gasteiger partial charge in [0, 0.05) is 32.7 Å². The number of rotatable bonds is 3. The minimum Gasteiger partial charge on any atom is -0.426 e. The summed E-state index contributed by atoms with van der Waals surface area (Å²) in [7, 11) is 1.84. The number of para-hydroxylation sites is 1. The van der Waals surface area contributed by atoms with E-state index >= 15 is 0 Å². The molecule has 2 saturated heterocycles. The lowest BCUT2D eigenvalue weighted by atomic mass is 9.78. The summed E-state index contributed by atoms with van der Waals surface area (Å²) in [5, 5.41) is 0. The van der Waals surface area contributed by atoms with E-state index in [4.69, 9.17) is 9.15 Å². The Labute approximate surface area is 152 Å². The summed E-state index contributed by atoms with van der Waals surface area (Å²) in [5.74, 6) is 1.14. The van der Waals surface area contributed by atoms with E-state index in [1.807, 2.05) is 37.4 Å². The van der Waals surface area contributed by atoms with Gasteiger partial charge in [0.15, 0.2) is 5.76 Å². The van der Waals surface area contributed by atoms with Crippen molar-refractivity contribution in [2.75, 3.05) is 26.7 Å². The molecule has 2 amide bonds. The van der Waals surface area contributed by atoms with E-state index in [-0.39, 0.29) is 23.5 Å². The van der Waals surface area contributed by atoms with Crippen LogP contribution >= 0.6 is 0 Å². The van der Waals surface area contributed by atoms with Crippen LogP contribution in [0.4, 0.5) is 0 Å². The Balaban J connectivity index is 1.45. The summed E-state index contributed by atoms with van der Waals surface area (Å²) < 4.78 is 11.2. The van der Waals surface area contributed by atoms with Crippen molar-refractivity contribution < 1.29 is 18.7 Å². The number of ether oxygens (including phenoxy) is 1. The standard InChI is InChI=1S/C20H22N2O4/c1-21-12-5-10-20(19(21)24)11-13-22(14-20)18(23)16-8-9-17(26-16)25-15-6-3-2-4-7-15/h2-4,6-9H,5,10-14H2,1H3/t20-/m1/s1. The van der Waals surface area contributed by atoms with Crippen LogP contribution in [-0.4, -0.2) is 48.3 Å². The van der Waals surface area contributed by atoms with Gasteiger partial charge in [-0.05, 0) is 37.5 Å². The topological polar surface area (TPSA) is 63.0 Å². The van der Waals surface area contributed by atoms with E-state index in [1.54, 1.807) is 21.9 Å². The second-order valence-corrected chi connectivity index (χ2v) is 7.12. The Morgan fingerprint density at radius 3 is 2.73 bits per heavy atom. The summed E-state index contributed by atoms with van der Waals surface area (Å²) in [6.07, 6.45) is 2.55. The Hall–Kier alpha value is -2.76. The number of piperidine rings is 1. The van der Waals surface area contributed by atoms with Crippen LogP contribution in [0, 0.1) is 5.41 Å². The number of amides is 2. The van der Waals surface area contributed by atoms with E-state index in [2.05, 4.69) is 0 Å². The van der Waals surface area contributed by atoms with Crippen LogP contribution in [0.25, 0.3) is 0 Å². The molecule has 1 aromatic carbocycles. The molecule has 0 saturated carbocycles. The number of hydrogen-bond acceptors (Lipinski definition) is 4. The average Bonchev–Trinajstić information content (AvgIpc) is 3.28. The fourth-order valence-corrected chi connectivity index (χ4v) is 3.94. The summed E-state index contributed by atoms with van der Waals surface area (Å²) in [5.41, 5.74) is -0.418. The quantitative estimate of drug-likeness (QED) is 0.849. The summed E-state index contributed by atoms with van der Waals surface area (Å²) in [6, 6.07) is 12.5. The van der Waals surface area contributed by atoms with Gasteiger partial charge < -0.3 is 19.0 Å². The highest BCUT2D eigenvalue weighted by Crippen LogP contribution is 2.40. The fraction of sp³-hybridized carbons (Fsp3) is 0.400. The monoisotopic (exact) mass is 354 g/mol. The lowest BCUT2D eigenvalue weighted by Crippen LogP contribution is -2.48. The van der Waals surface area contributed by atoms with Crippen molar-refractivity contribution in [3.8, 4) is 11.7 Å². The predicted molar refractivity (Wildman–Crippen MR) is 95.0 cm³/mol. The van der Waals surface area contributed by atoms with Crippen molar-refractivity contribution in [3.63, 3.8) is 0 Å². The zero-order chi connectivity index (χ0) is 18.1. The van der Waals surface area contributed by atoms with Crippen LogP contribution < -0.4 is 4.74 Å². The molecule has 0 radical (unpaired) electrons. The maximum atomic E-state index is 12.8. The highest BCUT2D eigenvalue weighted by Gasteiger charge is 2.48. The number of carbonyl (C=O) groups is 2. The summed E-state index contributed by atoms with van der Waals surface area (Å²) in [4.78, 5) is 28.9. The van der Waals surface area contributed by atoms with Gasteiger partial charge in [-0.25, -0.2) is 0 Å². The molecular formula is C20H22N2O4. The second-order valence-electron chi connectivity index (χ2n) is 7.12. The molecule has 2 aliphatic heterocycles. The molecule has 2 aliphatic rings. The van der Waals surface area contributed by atoms with Gasteiger partial charge in [0.25, 0.3) is 11.9 Å². The first-order valence-electron chi connectivity index (χ1n) is 8.95. The molecule has 1 spiro atoms. The SMILES string of the molecule is CN1CCC[C@]2(CCN(C(=O)c3ccc(Oc4ccccc4)o3)C2)C1=O. The van der Waals surface area contributed by atoms with Crippen molar-refractivity contribution in [1.29, 1.82) is 0 Å². The van der Waals surface area contributed by atoms with Crippen LogP contribution in [0.15, 0.2) is 46.9 Å². The van der Waals surface area contributed by atoms with E-state index in [0.717, 1.165) is 25.8 Å². The van der Waals surface area contributed by atoms with Gasteiger partial charge in [-0.2, -0.15) is 0 Å². The van der Waals surface area contributed by atoms with Gasteiger partial charge in [0.2, 0.25) is 5.91 Å². The van der Waals surface area contributed by atoms with Gasteiger partial charge in [0.05, 0.1) is 5.41 Å². The third kappa shape index (κ3) is 2.96. The zero-order valence-electron chi connectivity index (χ0n) is 14.8. The molecule has 6 nitrogen and oxygen atoms in total. The fourth-order valence-electron chi connectivity index (χ4n) is 3.94. The van der Waals surface area contributed by atoms with Crippen molar-refractivity contribution in [3.05, 3.63) is 48.2 Å². The van der Waals surface area contributed by atoms with Crippen molar-refractivity contribution in [2.24, 2.45) is 5.41 Å². The predicted octanol–water partition coefficient (Wildman–Crippen LogP) is 3.16. The lowest BCUT2D eigenvalue weighted by molar-refractivity contribution is -0.143. The number of furan rings is 1. The molecule has 1 atom stereocenters. The summed E-state index contributed by atoms with van der Waals surface area (Å²) >= 11 is 0. The number of likely N-dealkylation sites (tertiary alicyclic amines) is 2. The Bertz CT molecular complexity index is 816. The first kappa shape index (κ1) is 16.7. The number of benzene rings is 1. The maximum Gasteiger partial charge on any atom is 0.290 e. The van der Waals surface area contributed by atoms with Gasteiger partial charge >= 0.3 is 0 Å². The number of nitrogens with zero attached hydrogens (tertiary/aromatic N) is 2. The van der Waals surface area contributed by atoms with Gasteiger partial charge in [-0.1, -0.05) is 18.2 Å². The minimum absolute atomic E-state index is 0.159. The van der Waals surface area contributed by atoms with Gasteiger partial charge in [-0.15, -0.1) is 0 Å². The molecule has 136 valence electrons. The highest BCUT2D eigenvalue weighted by atomic mass is 16.6. The number of carbonyl (C=O) groups excluding carboxylic acids is 2. The third-order valence-electron chi connectivity index (χ3n) is 5.34. The molecule has 1 aromatic heterocycles. The van der Waals surface area contributed by atoms with Crippen LogP contribution in [0.5, 0.6) is 11.7 Å². The van der Waals surface area contributed by atoms with Crippen molar-refractivity contribution >= 4 is 11.8 Å². The van der Waals surface area contributed by atoms with E-state index < -0.39 is 5.41 Å². The van der Waals surface area contributed by atoms with Crippen LogP contribution in [0.2, 0.25) is 0 Å². The maximum absolute atomic E-state index is 12.8. The Morgan fingerprint density at radius 2 is 1.92 bits per heavy atom. The molecule has 2 fully saturated rings. The second kappa shape index (κ2) is 6.52. The lowest BCUT2D eigenvalue weighted by Gasteiger charge is -2.37. The number of hydrogen-bond donors (Lipinski definition) is 0. The molecule has 2 aromatic rings. The summed E-state index contributed by atoms with van der Waals surface area (Å²) in [6.45, 7) is 1.84. The van der Waals surface area contributed by atoms with Crippen LogP contribution in [0.1, 0.15) is 29.8 Å². The molecule has 4 rings (SSSR count). The van der Waals surface area contributed by atoms with Crippen molar-refractivity contribution in [1.82, 2.24) is 9.80 Å². The molecule has 0 N–H and O–H groups in total. The van der Waals surface area contributed by atoms with Gasteiger partial charge in [0.1, 0.15) is 5.75 Å². The molecule has 26 heavy (non-hydrogen) atoms. The largest absolute Gasteiger partial charge is 0.426 e. The van der Waals surface area contributed by atoms with Gasteiger partial charge in [-0.3, -0.25) is 9.59 Å². The minimum atomic E-state index is -0.418. The zero-order valence-corrected chi connectivity index (χ0v) is 14.8. The van der Waals surface area contributed by atoms with Crippen LogP contribution in [-0.2, 0) is 4.79 Å². The molecule has 0 unspecified atom stereocenters. The smallest absolute Gasteiger partial charge is 0.290 e. The Morgan fingerprint density at radius 1 is 1.12 bits per heavy atom. The van der Waals surface area contributed by atoms with E-state index in [9.17, 15) is 9.59 Å². The molecule has 0 bridgehead atoms.